The third-order valence-electron chi connectivity index (χ3n) is 4.41. The average Bonchev–Trinajstić information content (AvgIpc) is 2.67. The molecule has 2 aromatic rings. The summed E-state index contributed by atoms with van der Waals surface area (Å²) in [5, 5.41) is 4.97. The van der Waals surface area contributed by atoms with Gasteiger partial charge in [-0.3, -0.25) is 14.5 Å². The molecular formula is C21H26FN3O2. The van der Waals surface area contributed by atoms with Crippen molar-refractivity contribution in [1.82, 2.24) is 10.2 Å². The molecule has 5 nitrogen and oxygen atoms in total. The molecule has 2 rings (SSSR count). The lowest BCUT2D eigenvalue weighted by Crippen LogP contribution is -2.35. The van der Waals surface area contributed by atoms with Crippen molar-refractivity contribution in [3.8, 4) is 0 Å². The number of aryl methyl sites for hydroxylation is 1. The van der Waals surface area contributed by atoms with Gasteiger partial charge in [0.05, 0.1) is 0 Å². The van der Waals surface area contributed by atoms with Gasteiger partial charge in [0.2, 0.25) is 0 Å². The van der Waals surface area contributed by atoms with Crippen molar-refractivity contribution < 1.29 is 14.0 Å². The van der Waals surface area contributed by atoms with Crippen LogP contribution in [0.4, 0.5) is 10.1 Å². The largest absolute Gasteiger partial charge is 0.344 e. The maximum absolute atomic E-state index is 13.5. The highest BCUT2D eigenvalue weighted by Gasteiger charge is 2.14. The van der Waals surface area contributed by atoms with E-state index in [1.807, 2.05) is 24.3 Å². The van der Waals surface area contributed by atoms with E-state index < -0.39 is 17.6 Å². The third-order valence-corrected chi connectivity index (χ3v) is 4.41. The van der Waals surface area contributed by atoms with E-state index in [0.29, 0.717) is 5.56 Å². The number of nitrogens with zero attached hydrogens (tertiary/aromatic N) is 1. The molecule has 0 aliphatic rings. The summed E-state index contributed by atoms with van der Waals surface area (Å²) in [5.41, 5.74) is 2.83. The molecule has 144 valence electrons. The summed E-state index contributed by atoms with van der Waals surface area (Å²) in [5.74, 6) is -2.02. The first-order chi connectivity index (χ1) is 12.9. The van der Waals surface area contributed by atoms with E-state index in [-0.39, 0.29) is 12.2 Å². The van der Waals surface area contributed by atoms with Gasteiger partial charge in [0.25, 0.3) is 0 Å². The zero-order valence-electron chi connectivity index (χ0n) is 16.0. The molecule has 6 heteroatoms. The van der Waals surface area contributed by atoms with Crippen molar-refractivity contribution in [2.75, 3.05) is 18.4 Å². The third kappa shape index (κ3) is 6.18. The van der Waals surface area contributed by atoms with Gasteiger partial charge in [0.1, 0.15) is 5.82 Å². The summed E-state index contributed by atoms with van der Waals surface area (Å²) < 4.78 is 13.5. The Hall–Kier alpha value is -2.73. The molecule has 0 aliphatic heterocycles. The van der Waals surface area contributed by atoms with Crippen LogP contribution >= 0.6 is 0 Å². The van der Waals surface area contributed by atoms with Crippen molar-refractivity contribution in [2.45, 2.75) is 33.9 Å². The van der Waals surface area contributed by atoms with Gasteiger partial charge in [0.15, 0.2) is 0 Å². The molecule has 0 saturated carbocycles. The Morgan fingerprint density at radius 2 is 1.59 bits per heavy atom. The van der Waals surface area contributed by atoms with E-state index in [4.69, 9.17) is 0 Å². The quantitative estimate of drug-likeness (QED) is 0.735. The number of anilines is 1. The van der Waals surface area contributed by atoms with Crippen molar-refractivity contribution in [1.29, 1.82) is 0 Å². The van der Waals surface area contributed by atoms with Crippen LogP contribution in [0.15, 0.2) is 42.5 Å². The predicted molar refractivity (Wildman–Crippen MR) is 105 cm³/mol. The van der Waals surface area contributed by atoms with Crippen molar-refractivity contribution in [3.63, 3.8) is 0 Å². The Kier molecular flexibility index (Phi) is 7.49. The first-order valence-corrected chi connectivity index (χ1v) is 9.08. The number of nitrogens with one attached hydrogen (secondary N) is 2. The van der Waals surface area contributed by atoms with Crippen LogP contribution in [0.3, 0.4) is 0 Å². The molecule has 0 atom stereocenters. The lowest BCUT2D eigenvalue weighted by molar-refractivity contribution is -0.136. The lowest BCUT2D eigenvalue weighted by Gasteiger charge is -2.18. The molecule has 0 radical (unpaired) electrons. The van der Waals surface area contributed by atoms with Gasteiger partial charge in [-0.25, -0.2) is 4.39 Å². The number of hydrogen-bond donors (Lipinski definition) is 2. The Balaban J connectivity index is 1.85. The van der Waals surface area contributed by atoms with Gasteiger partial charge in [-0.1, -0.05) is 44.2 Å². The fraction of sp³-hybridized carbons (Fsp3) is 0.333. The maximum atomic E-state index is 13.5. The fourth-order valence-electron chi connectivity index (χ4n) is 2.59. The Bertz CT molecular complexity index is 787. The number of hydrogen-bond acceptors (Lipinski definition) is 3. The molecule has 0 aromatic heterocycles. The highest BCUT2D eigenvalue weighted by Crippen LogP contribution is 2.13. The lowest BCUT2D eigenvalue weighted by atomic mass is 10.1. The monoisotopic (exact) mass is 371 g/mol. The van der Waals surface area contributed by atoms with Gasteiger partial charge in [0, 0.05) is 18.8 Å². The zero-order chi connectivity index (χ0) is 19.8. The molecule has 0 unspecified atom stereocenters. The van der Waals surface area contributed by atoms with Crippen LogP contribution in [0, 0.1) is 12.7 Å². The Morgan fingerprint density at radius 1 is 0.963 bits per heavy atom. The van der Waals surface area contributed by atoms with Crippen LogP contribution in [0.25, 0.3) is 0 Å². The molecule has 2 aromatic carbocycles. The minimum Gasteiger partial charge on any atom is -0.344 e. The second-order valence-corrected chi connectivity index (χ2v) is 6.38. The second-order valence-electron chi connectivity index (χ2n) is 6.38. The number of rotatable bonds is 7. The standard InChI is InChI=1S/C21H26FN3O2/c1-4-25(5-2)14-17-9-7-16(8-10-17)13-23-20(26)21(27)24-18-11-6-15(3)19(22)12-18/h6-12H,4-5,13-14H2,1-3H3,(H,23,26)(H,24,27). The second kappa shape index (κ2) is 9.83. The molecule has 0 aliphatic carbocycles. The number of carbonyl (C=O) groups is 2. The predicted octanol–water partition coefficient (Wildman–Crippen LogP) is 3.23. The Labute approximate surface area is 159 Å². The van der Waals surface area contributed by atoms with E-state index in [9.17, 15) is 14.0 Å². The van der Waals surface area contributed by atoms with Crippen LogP contribution < -0.4 is 10.6 Å². The highest BCUT2D eigenvalue weighted by atomic mass is 19.1. The van der Waals surface area contributed by atoms with Crippen LogP contribution in [-0.4, -0.2) is 29.8 Å². The number of amides is 2. The van der Waals surface area contributed by atoms with E-state index in [1.165, 1.54) is 11.6 Å². The average molecular weight is 371 g/mol. The van der Waals surface area contributed by atoms with Gasteiger partial charge in [-0.2, -0.15) is 0 Å². The van der Waals surface area contributed by atoms with Crippen molar-refractivity contribution in [3.05, 3.63) is 65.0 Å². The van der Waals surface area contributed by atoms with Gasteiger partial charge in [-0.15, -0.1) is 0 Å². The van der Waals surface area contributed by atoms with E-state index >= 15 is 0 Å². The van der Waals surface area contributed by atoms with E-state index in [1.54, 1.807) is 19.1 Å². The molecule has 0 bridgehead atoms. The first-order valence-electron chi connectivity index (χ1n) is 9.08. The molecule has 0 heterocycles. The smallest absolute Gasteiger partial charge is 0.313 e. The summed E-state index contributed by atoms with van der Waals surface area (Å²) in [4.78, 5) is 26.2. The molecular weight excluding hydrogens is 345 g/mol. The molecule has 27 heavy (non-hydrogen) atoms. The Morgan fingerprint density at radius 3 is 2.19 bits per heavy atom. The fourth-order valence-corrected chi connectivity index (χ4v) is 2.59. The summed E-state index contributed by atoms with van der Waals surface area (Å²) in [6.07, 6.45) is 0. The number of halogens is 1. The van der Waals surface area contributed by atoms with Crippen LogP contribution in [0.5, 0.6) is 0 Å². The van der Waals surface area contributed by atoms with E-state index in [2.05, 4.69) is 29.4 Å². The first kappa shape index (κ1) is 20.6. The van der Waals surface area contributed by atoms with Crippen LogP contribution in [0.1, 0.15) is 30.5 Å². The minimum atomic E-state index is -0.823. The summed E-state index contributed by atoms with van der Waals surface area (Å²) in [6, 6.07) is 12.2. The summed E-state index contributed by atoms with van der Waals surface area (Å²) in [6.45, 7) is 9.01. The van der Waals surface area contributed by atoms with Crippen LogP contribution in [-0.2, 0) is 22.7 Å². The molecule has 0 spiro atoms. The molecule has 2 amide bonds. The molecule has 2 N–H and O–H groups in total. The van der Waals surface area contributed by atoms with Gasteiger partial charge in [-0.05, 0) is 48.8 Å². The van der Waals surface area contributed by atoms with Crippen molar-refractivity contribution >= 4 is 17.5 Å². The number of benzene rings is 2. The van der Waals surface area contributed by atoms with E-state index in [0.717, 1.165) is 25.2 Å². The highest BCUT2D eigenvalue weighted by molar-refractivity contribution is 6.39. The normalized spacial score (nSPS) is 10.7. The maximum Gasteiger partial charge on any atom is 0.313 e. The minimum absolute atomic E-state index is 0.249. The topological polar surface area (TPSA) is 61.4 Å². The zero-order valence-corrected chi connectivity index (χ0v) is 16.0. The van der Waals surface area contributed by atoms with Gasteiger partial charge < -0.3 is 10.6 Å². The summed E-state index contributed by atoms with van der Waals surface area (Å²) >= 11 is 0. The van der Waals surface area contributed by atoms with Crippen LogP contribution in [0.2, 0.25) is 0 Å². The number of carbonyl (C=O) groups excluding carboxylic acids is 2. The van der Waals surface area contributed by atoms with Gasteiger partial charge >= 0.3 is 11.8 Å². The SMILES string of the molecule is CCN(CC)Cc1ccc(CNC(=O)C(=O)Nc2ccc(C)c(F)c2)cc1. The molecule has 0 fully saturated rings. The van der Waals surface area contributed by atoms with Crippen molar-refractivity contribution in [2.24, 2.45) is 0 Å². The molecule has 0 saturated heterocycles. The summed E-state index contributed by atoms with van der Waals surface area (Å²) in [7, 11) is 0.